The van der Waals surface area contributed by atoms with Gasteiger partial charge in [-0.25, -0.2) is 5.43 Å². The maximum atomic E-state index is 12.3. The zero-order chi connectivity index (χ0) is 22.2. The first-order chi connectivity index (χ1) is 15.7. The van der Waals surface area contributed by atoms with Crippen LogP contribution in [0.25, 0.3) is 17.1 Å². The highest BCUT2D eigenvalue weighted by atomic mass is 32.2. The van der Waals surface area contributed by atoms with Crippen molar-refractivity contribution in [1.29, 1.82) is 0 Å². The fourth-order valence-electron chi connectivity index (χ4n) is 2.98. The molecule has 0 saturated carbocycles. The van der Waals surface area contributed by atoms with Crippen molar-refractivity contribution in [3.05, 3.63) is 90.5 Å². The molecule has 32 heavy (non-hydrogen) atoms. The van der Waals surface area contributed by atoms with Crippen molar-refractivity contribution in [2.75, 3.05) is 12.0 Å². The fraction of sp³-hybridized carbons (Fsp3) is 0.0833. The van der Waals surface area contributed by atoms with E-state index in [1.54, 1.807) is 18.0 Å². The molecule has 1 heterocycles. The predicted molar refractivity (Wildman–Crippen MR) is 131 cm³/mol. The summed E-state index contributed by atoms with van der Waals surface area (Å²) in [7, 11) is 0. The molecule has 0 radical (unpaired) electrons. The predicted octanol–water partition coefficient (Wildman–Crippen LogP) is 4.90. The van der Waals surface area contributed by atoms with Gasteiger partial charge in [0.25, 0.3) is 5.91 Å². The molecular weight excluding hydrogens is 438 g/mol. The largest absolute Gasteiger partial charge is 0.272 e. The molecule has 0 atom stereocenters. The number of carbonyl (C=O) groups excluding carboxylic acids is 1. The van der Waals surface area contributed by atoms with Crippen LogP contribution in [0.1, 0.15) is 5.56 Å². The summed E-state index contributed by atoms with van der Waals surface area (Å²) in [5, 5.41) is 13.4. The van der Waals surface area contributed by atoms with E-state index >= 15 is 0 Å². The fourth-order valence-corrected chi connectivity index (χ4v) is 4.13. The zero-order valence-electron chi connectivity index (χ0n) is 17.4. The van der Waals surface area contributed by atoms with Gasteiger partial charge in [-0.2, -0.15) is 5.10 Å². The molecule has 0 saturated heterocycles. The number of hydrazone groups is 1. The summed E-state index contributed by atoms with van der Waals surface area (Å²) in [6.07, 6.45) is 3.66. The molecule has 0 aliphatic rings. The number of aromatic nitrogens is 3. The lowest BCUT2D eigenvalue weighted by atomic mass is 10.2. The third-order valence-electron chi connectivity index (χ3n) is 4.53. The van der Waals surface area contributed by atoms with Gasteiger partial charge in [0.2, 0.25) is 0 Å². The van der Waals surface area contributed by atoms with Crippen LogP contribution < -0.4 is 5.43 Å². The normalized spacial score (nSPS) is 11.0. The molecule has 4 rings (SSSR count). The number of carbonyl (C=O) groups is 1. The van der Waals surface area contributed by atoms with E-state index in [0.717, 1.165) is 22.6 Å². The average Bonchev–Trinajstić information content (AvgIpc) is 3.28. The molecule has 1 N–H and O–H groups in total. The van der Waals surface area contributed by atoms with Gasteiger partial charge in [0.05, 0.1) is 12.0 Å². The van der Waals surface area contributed by atoms with Crippen LogP contribution in [-0.2, 0) is 4.79 Å². The molecule has 1 amide bonds. The Kier molecular flexibility index (Phi) is 7.37. The highest BCUT2D eigenvalue weighted by Crippen LogP contribution is 2.27. The number of nitrogens with one attached hydrogen (secondary N) is 1. The van der Waals surface area contributed by atoms with Crippen LogP contribution in [0.2, 0.25) is 0 Å². The van der Waals surface area contributed by atoms with Crippen LogP contribution in [0, 0.1) is 0 Å². The lowest BCUT2D eigenvalue weighted by Crippen LogP contribution is -2.20. The molecule has 0 fully saturated rings. The zero-order valence-corrected chi connectivity index (χ0v) is 19.0. The molecule has 1 aromatic heterocycles. The van der Waals surface area contributed by atoms with Crippen LogP contribution in [0.4, 0.5) is 0 Å². The number of hydrogen-bond acceptors (Lipinski definition) is 6. The summed E-state index contributed by atoms with van der Waals surface area (Å²) in [5.41, 5.74) is 5.39. The highest BCUT2D eigenvalue weighted by Gasteiger charge is 2.16. The molecule has 0 unspecified atom stereocenters. The van der Waals surface area contributed by atoms with E-state index in [2.05, 4.69) is 20.7 Å². The van der Waals surface area contributed by atoms with Gasteiger partial charge in [0, 0.05) is 16.1 Å². The minimum absolute atomic E-state index is 0.169. The third-order valence-corrected chi connectivity index (χ3v) is 6.20. The molecule has 160 valence electrons. The molecule has 8 heteroatoms. The van der Waals surface area contributed by atoms with Crippen molar-refractivity contribution < 1.29 is 4.79 Å². The average molecular weight is 460 g/mol. The van der Waals surface area contributed by atoms with Crippen LogP contribution in [0.3, 0.4) is 0 Å². The maximum absolute atomic E-state index is 12.3. The maximum Gasteiger partial charge on any atom is 0.250 e. The van der Waals surface area contributed by atoms with E-state index in [1.807, 2.05) is 95.8 Å². The molecule has 0 aliphatic carbocycles. The number of hydrogen-bond donors (Lipinski definition) is 1. The first-order valence-corrected chi connectivity index (χ1v) is 12.1. The first-order valence-electron chi connectivity index (χ1n) is 9.89. The third kappa shape index (κ3) is 5.46. The quantitative estimate of drug-likeness (QED) is 0.231. The van der Waals surface area contributed by atoms with Crippen molar-refractivity contribution in [3.63, 3.8) is 0 Å². The van der Waals surface area contributed by atoms with Gasteiger partial charge in [-0.15, -0.1) is 22.0 Å². The van der Waals surface area contributed by atoms with Gasteiger partial charge in [-0.3, -0.25) is 9.36 Å². The Labute approximate surface area is 195 Å². The molecule has 6 nitrogen and oxygen atoms in total. The summed E-state index contributed by atoms with van der Waals surface area (Å²) in [6, 6.07) is 27.7. The lowest BCUT2D eigenvalue weighted by molar-refractivity contribution is -0.118. The topological polar surface area (TPSA) is 72.2 Å². The van der Waals surface area contributed by atoms with E-state index < -0.39 is 0 Å². The summed E-state index contributed by atoms with van der Waals surface area (Å²) in [5.74, 6) is 0.685. The van der Waals surface area contributed by atoms with Crippen molar-refractivity contribution in [2.45, 2.75) is 10.1 Å². The molecule has 0 spiro atoms. The van der Waals surface area contributed by atoms with Crippen LogP contribution in [0.5, 0.6) is 0 Å². The number of benzene rings is 3. The second kappa shape index (κ2) is 10.8. The smallest absolute Gasteiger partial charge is 0.250 e. The molecule has 4 aromatic rings. The molecule has 0 aliphatic heterocycles. The second-order valence-corrected chi connectivity index (χ2v) is 8.52. The molecule has 3 aromatic carbocycles. The monoisotopic (exact) mass is 459 g/mol. The summed E-state index contributed by atoms with van der Waals surface area (Å²) in [6.45, 7) is 0. The van der Waals surface area contributed by atoms with Gasteiger partial charge in [0.15, 0.2) is 11.0 Å². The Hall–Kier alpha value is -3.36. The summed E-state index contributed by atoms with van der Waals surface area (Å²) in [4.78, 5) is 13.5. The summed E-state index contributed by atoms with van der Waals surface area (Å²) < 4.78 is 1.96. The lowest BCUT2D eigenvalue weighted by Gasteiger charge is -2.10. The Morgan fingerprint density at radius 2 is 1.66 bits per heavy atom. The Balaban J connectivity index is 1.45. The van der Waals surface area contributed by atoms with Gasteiger partial charge < -0.3 is 0 Å². The summed E-state index contributed by atoms with van der Waals surface area (Å²) >= 11 is 3.00. The number of rotatable bonds is 8. The van der Waals surface area contributed by atoms with E-state index in [0.29, 0.717) is 5.16 Å². The van der Waals surface area contributed by atoms with E-state index in [-0.39, 0.29) is 11.7 Å². The van der Waals surface area contributed by atoms with Crippen molar-refractivity contribution >= 4 is 35.6 Å². The van der Waals surface area contributed by atoms with Crippen LogP contribution in [-0.4, -0.2) is 38.9 Å². The number of thioether (sulfide) groups is 2. The minimum atomic E-state index is -0.212. The molecular formula is C24H21N5OS2. The van der Waals surface area contributed by atoms with Crippen molar-refractivity contribution in [3.8, 4) is 17.1 Å². The second-order valence-electron chi connectivity index (χ2n) is 6.70. The minimum Gasteiger partial charge on any atom is -0.272 e. The van der Waals surface area contributed by atoms with Crippen molar-refractivity contribution in [1.82, 2.24) is 20.2 Å². The van der Waals surface area contributed by atoms with Crippen LogP contribution >= 0.6 is 23.5 Å². The van der Waals surface area contributed by atoms with Gasteiger partial charge in [-0.05, 0) is 36.1 Å². The van der Waals surface area contributed by atoms with E-state index in [9.17, 15) is 4.79 Å². The SMILES string of the molecule is CSc1ccc(/C=N\NC(=O)CSc2nnc(-c3ccccc3)n2-c2ccccc2)cc1. The van der Waals surface area contributed by atoms with Gasteiger partial charge in [0.1, 0.15) is 0 Å². The Morgan fingerprint density at radius 1 is 0.969 bits per heavy atom. The van der Waals surface area contributed by atoms with E-state index in [4.69, 9.17) is 0 Å². The van der Waals surface area contributed by atoms with Gasteiger partial charge in [-0.1, -0.05) is 72.4 Å². The Bertz CT molecular complexity index is 1190. The highest BCUT2D eigenvalue weighted by molar-refractivity contribution is 7.99. The van der Waals surface area contributed by atoms with Crippen molar-refractivity contribution in [2.24, 2.45) is 5.10 Å². The number of para-hydroxylation sites is 1. The number of nitrogens with zero attached hydrogens (tertiary/aromatic N) is 4. The van der Waals surface area contributed by atoms with E-state index in [1.165, 1.54) is 16.7 Å². The van der Waals surface area contributed by atoms with Gasteiger partial charge >= 0.3 is 0 Å². The van der Waals surface area contributed by atoms with Crippen LogP contribution in [0.15, 0.2) is 100 Å². The Morgan fingerprint density at radius 3 is 2.34 bits per heavy atom. The number of amides is 1. The standard InChI is InChI=1S/C24H21N5OS2/c1-31-21-14-12-18(13-15-21)16-25-26-22(30)17-32-24-28-27-23(19-8-4-2-5-9-19)29(24)20-10-6-3-7-11-20/h2-16H,17H2,1H3,(H,26,30)/b25-16-. The first kappa shape index (κ1) is 21.9. The molecule has 0 bridgehead atoms.